The van der Waals surface area contributed by atoms with E-state index in [-0.39, 0.29) is 51.4 Å². The van der Waals surface area contributed by atoms with Gasteiger partial charge in [0, 0.05) is 6.26 Å². The Kier molecular flexibility index (Phi) is 12.5. The third kappa shape index (κ3) is 62.5. The van der Waals surface area contributed by atoms with Crippen molar-refractivity contribution in [2.45, 2.75) is 20.8 Å². The van der Waals surface area contributed by atoms with Crippen LogP contribution >= 0.6 is 0 Å². The minimum Gasteiger partial charge on any atom is -0.748 e. The molecule has 0 saturated heterocycles. The summed E-state index contributed by atoms with van der Waals surface area (Å²) in [5.41, 5.74) is 5.62. The van der Waals surface area contributed by atoms with E-state index in [9.17, 15) is 0 Å². The number of rotatable bonds is 0. The molecule has 0 radical (unpaired) electrons. The van der Waals surface area contributed by atoms with E-state index in [0.717, 1.165) is 6.54 Å². The first kappa shape index (κ1) is 19.1. The smallest absolute Gasteiger partial charge is 0.748 e. The molecule has 0 spiro atoms. The van der Waals surface area contributed by atoms with Crippen molar-refractivity contribution >= 4 is 10.1 Å². The average molecular weight is 221 g/mol. The first-order chi connectivity index (χ1) is 4.56. The molecule has 0 heterocycles. The quantitative estimate of drug-likeness (QED) is 0.353. The van der Waals surface area contributed by atoms with Crippen LogP contribution in [0, 0.1) is 5.41 Å². The Morgan fingerprint density at radius 1 is 1.33 bits per heavy atom. The van der Waals surface area contributed by atoms with Crippen molar-refractivity contribution in [2.75, 3.05) is 12.8 Å². The Bertz CT molecular complexity index is 175. The van der Waals surface area contributed by atoms with Crippen LogP contribution in [0.1, 0.15) is 20.8 Å². The maximum Gasteiger partial charge on any atom is 1.00 e. The second kappa shape index (κ2) is 7.87. The molecule has 0 aromatic heterocycles. The molecular weight excluding hydrogens is 205 g/mol. The van der Waals surface area contributed by atoms with E-state index in [1.165, 1.54) is 0 Å². The number of hydrogen-bond acceptors (Lipinski definition) is 4. The zero-order valence-corrected chi connectivity index (χ0v) is 12.4. The van der Waals surface area contributed by atoms with Gasteiger partial charge in [-0.1, -0.05) is 20.8 Å². The molecule has 0 aliphatic rings. The van der Waals surface area contributed by atoms with Gasteiger partial charge in [0.05, 0.1) is 10.1 Å². The molecule has 0 aromatic rings. The second-order valence-corrected chi connectivity index (χ2v) is 4.88. The first-order valence-corrected chi connectivity index (χ1v) is 4.99. The van der Waals surface area contributed by atoms with E-state index in [1.807, 2.05) is 0 Å². The minimum atomic E-state index is -3.92. The molecule has 4 nitrogen and oxygen atoms in total. The van der Waals surface area contributed by atoms with Crippen molar-refractivity contribution in [3.8, 4) is 0 Å². The van der Waals surface area contributed by atoms with Gasteiger partial charge in [0.15, 0.2) is 0 Å². The fraction of sp³-hybridized carbons (Fsp3) is 1.00. The van der Waals surface area contributed by atoms with Crippen molar-refractivity contribution in [3.05, 3.63) is 0 Å². The molecule has 12 heavy (non-hydrogen) atoms. The molecular formula is C6H16KNO3S. The Hall–Kier alpha value is 1.51. The first-order valence-electron chi connectivity index (χ1n) is 3.17. The summed E-state index contributed by atoms with van der Waals surface area (Å²) in [6.07, 6.45) is 0.604. The van der Waals surface area contributed by atoms with Gasteiger partial charge in [0.2, 0.25) is 0 Å². The zero-order chi connectivity index (χ0) is 9.71. The van der Waals surface area contributed by atoms with Gasteiger partial charge in [-0.25, -0.2) is 8.42 Å². The molecule has 0 unspecified atom stereocenters. The standard InChI is InChI=1S/C5H13N.CH4O3S.K/c1-5(2,3)4-6;1-5(2,3)4;/h4,6H2,1-3H3;1H3,(H,2,3,4);/q;;+1/p-1. The van der Waals surface area contributed by atoms with Gasteiger partial charge in [-0.05, 0) is 12.0 Å². The van der Waals surface area contributed by atoms with Gasteiger partial charge >= 0.3 is 51.4 Å². The normalized spacial score (nSPS) is 10.8. The summed E-state index contributed by atoms with van der Waals surface area (Å²) in [6, 6.07) is 0. The molecule has 0 aromatic carbocycles. The molecule has 0 bridgehead atoms. The van der Waals surface area contributed by atoms with Crippen LogP contribution in [0.25, 0.3) is 0 Å². The van der Waals surface area contributed by atoms with Crippen LogP contribution in [0.3, 0.4) is 0 Å². The van der Waals surface area contributed by atoms with Crippen molar-refractivity contribution in [3.63, 3.8) is 0 Å². The van der Waals surface area contributed by atoms with E-state index < -0.39 is 10.1 Å². The number of hydrogen-bond donors (Lipinski definition) is 1. The molecule has 0 fully saturated rings. The van der Waals surface area contributed by atoms with E-state index in [4.69, 9.17) is 18.7 Å². The van der Waals surface area contributed by atoms with Crippen molar-refractivity contribution in [1.82, 2.24) is 0 Å². The van der Waals surface area contributed by atoms with Gasteiger partial charge in [-0.15, -0.1) is 0 Å². The van der Waals surface area contributed by atoms with Crippen molar-refractivity contribution in [2.24, 2.45) is 11.1 Å². The fourth-order valence-electron chi connectivity index (χ4n) is 0. The fourth-order valence-corrected chi connectivity index (χ4v) is 0. The van der Waals surface area contributed by atoms with Gasteiger partial charge in [0.25, 0.3) is 0 Å². The summed E-state index contributed by atoms with van der Waals surface area (Å²) in [4.78, 5) is 0. The Morgan fingerprint density at radius 2 is 1.42 bits per heavy atom. The van der Waals surface area contributed by atoms with Crippen molar-refractivity contribution < 1.29 is 64.4 Å². The molecule has 0 atom stereocenters. The zero-order valence-electron chi connectivity index (χ0n) is 8.42. The molecule has 0 aliphatic heterocycles. The summed E-state index contributed by atoms with van der Waals surface area (Å²) < 4.78 is 27.2. The Morgan fingerprint density at radius 3 is 1.42 bits per heavy atom. The topological polar surface area (TPSA) is 83.2 Å². The van der Waals surface area contributed by atoms with Crippen LogP contribution in [-0.2, 0) is 10.1 Å². The van der Waals surface area contributed by atoms with Gasteiger partial charge in [-0.3, -0.25) is 0 Å². The molecule has 0 saturated carbocycles. The van der Waals surface area contributed by atoms with Gasteiger partial charge < -0.3 is 10.3 Å². The summed E-state index contributed by atoms with van der Waals surface area (Å²) in [7, 11) is -3.92. The van der Waals surface area contributed by atoms with E-state index in [0.29, 0.717) is 11.7 Å². The molecule has 0 rings (SSSR count). The van der Waals surface area contributed by atoms with Crippen LogP contribution in [-0.4, -0.2) is 25.8 Å². The molecule has 70 valence electrons. The summed E-state index contributed by atoms with van der Waals surface area (Å²) in [5, 5.41) is 0. The monoisotopic (exact) mass is 221 g/mol. The largest absolute Gasteiger partial charge is 1.00 e. The van der Waals surface area contributed by atoms with Crippen LogP contribution in [0.2, 0.25) is 0 Å². The summed E-state index contributed by atoms with van der Waals surface area (Å²) >= 11 is 0. The minimum absolute atomic E-state index is 0. The van der Waals surface area contributed by atoms with Crippen LogP contribution in [0.15, 0.2) is 0 Å². The van der Waals surface area contributed by atoms with Gasteiger partial charge in [0.1, 0.15) is 0 Å². The Labute approximate surface area is 117 Å². The predicted molar refractivity (Wildman–Crippen MR) is 44.1 cm³/mol. The third-order valence-corrected chi connectivity index (χ3v) is 0.612. The predicted octanol–water partition coefficient (Wildman–Crippen LogP) is -2.84. The van der Waals surface area contributed by atoms with Crippen molar-refractivity contribution in [1.29, 1.82) is 0 Å². The van der Waals surface area contributed by atoms with Crippen LogP contribution in [0.5, 0.6) is 0 Å². The van der Waals surface area contributed by atoms with E-state index in [2.05, 4.69) is 20.8 Å². The average Bonchev–Trinajstić information content (AvgIpc) is 1.59. The van der Waals surface area contributed by atoms with Crippen LogP contribution < -0.4 is 57.1 Å². The van der Waals surface area contributed by atoms with Gasteiger partial charge in [-0.2, -0.15) is 0 Å². The summed E-state index contributed by atoms with van der Waals surface area (Å²) in [5.74, 6) is 0. The number of nitrogens with two attached hydrogens (primary N) is 1. The summed E-state index contributed by atoms with van der Waals surface area (Å²) in [6.45, 7) is 7.12. The molecule has 2 N–H and O–H groups in total. The molecule has 6 heteroatoms. The maximum absolute atomic E-state index is 9.08. The van der Waals surface area contributed by atoms with E-state index >= 15 is 0 Å². The van der Waals surface area contributed by atoms with E-state index in [1.54, 1.807) is 0 Å². The second-order valence-electron chi connectivity index (χ2n) is 3.47. The Balaban J connectivity index is -0.000000126. The van der Waals surface area contributed by atoms with Crippen LogP contribution in [0.4, 0.5) is 0 Å². The SMILES string of the molecule is CC(C)(C)CN.CS(=O)(=O)[O-].[K+]. The molecule has 0 aliphatic carbocycles. The molecule has 0 amide bonds. The third-order valence-electron chi connectivity index (χ3n) is 0.612. The maximum atomic E-state index is 9.08.